The average molecular weight is 381 g/mol. The zero-order valence-electron chi connectivity index (χ0n) is 17.2. The standard InChI is InChI=1S/C15H14.C12H14N2/c1-10-7-8-14-13-6-4-3-5-12(13)9-15(14)11(10)2;13-11-6-8-12(14,9-7-11)10-4-2-1-3-5-10/h3-8H,9H2,1-2H3;1-8H,9,13-14H2. The Balaban J connectivity index is 0.000000142. The Labute approximate surface area is 173 Å². The maximum Gasteiger partial charge on any atom is 0.0634 e. The van der Waals surface area contributed by atoms with Gasteiger partial charge in [-0.25, -0.2) is 0 Å². The first kappa shape index (κ1) is 19.2. The molecule has 2 heteroatoms. The van der Waals surface area contributed by atoms with Crippen molar-refractivity contribution in [3.05, 3.63) is 118 Å². The molecule has 2 nitrogen and oxygen atoms in total. The van der Waals surface area contributed by atoms with Gasteiger partial charge < -0.3 is 11.5 Å². The van der Waals surface area contributed by atoms with Crippen molar-refractivity contribution in [2.45, 2.75) is 32.2 Å². The van der Waals surface area contributed by atoms with Crippen molar-refractivity contribution in [1.29, 1.82) is 0 Å². The fourth-order valence-electron chi connectivity index (χ4n) is 4.11. The molecule has 1 unspecified atom stereocenters. The summed E-state index contributed by atoms with van der Waals surface area (Å²) in [6.07, 6.45) is 7.68. The van der Waals surface area contributed by atoms with Gasteiger partial charge in [-0.2, -0.15) is 0 Å². The van der Waals surface area contributed by atoms with Gasteiger partial charge in [-0.1, -0.05) is 78.9 Å². The lowest BCUT2D eigenvalue weighted by Crippen LogP contribution is -2.35. The first-order valence-corrected chi connectivity index (χ1v) is 10.1. The second-order valence-corrected chi connectivity index (χ2v) is 8.02. The molecule has 5 rings (SSSR count). The predicted octanol–water partition coefficient (Wildman–Crippen LogP) is 5.52. The van der Waals surface area contributed by atoms with E-state index < -0.39 is 0 Å². The number of nitrogens with two attached hydrogens (primary N) is 2. The summed E-state index contributed by atoms with van der Waals surface area (Å²) in [5.41, 5.74) is 22.2. The predicted molar refractivity (Wildman–Crippen MR) is 122 cm³/mol. The quantitative estimate of drug-likeness (QED) is 0.457. The molecule has 3 aromatic rings. The number of fused-ring (bicyclic) bond motifs is 3. The minimum atomic E-state index is -0.385. The van der Waals surface area contributed by atoms with Crippen molar-refractivity contribution < 1.29 is 0 Å². The normalized spacial score (nSPS) is 18.9. The van der Waals surface area contributed by atoms with Gasteiger partial charge in [0.15, 0.2) is 0 Å². The molecule has 1 atom stereocenters. The molecule has 0 saturated heterocycles. The van der Waals surface area contributed by atoms with E-state index in [1.54, 1.807) is 0 Å². The van der Waals surface area contributed by atoms with E-state index in [1.807, 2.05) is 48.6 Å². The highest BCUT2D eigenvalue weighted by Gasteiger charge is 2.24. The number of rotatable bonds is 1. The average Bonchev–Trinajstić information content (AvgIpc) is 3.14. The Morgan fingerprint density at radius 1 is 0.828 bits per heavy atom. The van der Waals surface area contributed by atoms with Crippen LogP contribution in [0.4, 0.5) is 0 Å². The van der Waals surface area contributed by atoms with Crippen molar-refractivity contribution in [3.8, 4) is 11.1 Å². The summed E-state index contributed by atoms with van der Waals surface area (Å²) in [5, 5.41) is 0. The highest BCUT2D eigenvalue weighted by molar-refractivity contribution is 5.78. The van der Waals surface area contributed by atoms with Gasteiger partial charge in [0.2, 0.25) is 0 Å². The molecule has 29 heavy (non-hydrogen) atoms. The van der Waals surface area contributed by atoms with Crippen LogP contribution in [-0.2, 0) is 12.0 Å². The minimum Gasteiger partial charge on any atom is -0.399 e. The van der Waals surface area contributed by atoms with Crippen LogP contribution in [0, 0.1) is 13.8 Å². The second kappa shape index (κ2) is 7.73. The zero-order chi connectivity index (χ0) is 20.4. The molecule has 0 heterocycles. The molecule has 0 bridgehead atoms. The van der Waals surface area contributed by atoms with Crippen LogP contribution in [0.5, 0.6) is 0 Å². The van der Waals surface area contributed by atoms with Crippen molar-refractivity contribution >= 4 is 0 Å². The van der Waals surface area contributed by atoms with Crippen LogP contribution < -0.4 is 11.5 Å². The van der Waals surface area contributed by atoms with E-state index in [9.17, 15) is 0 Å². The summed E-state index contributed by atoms with van der Waals surface area (Å²) in [5.74, 6) is 0. The lowest BCUT2D eigenvalue weighted by molar-refractivity contribution is 0.562. The van der Waals surface area contributed by atoms with Gasteiger partial charge in [0.25, 0.3) is 0 Å². The molecule has 2 aliphatic rings. The third kappa shape index (κ3) is 3.76. The van der Waals surface area contributed by atoms with E-state index in [0.29, 0.717) is 0 Å². The van der Waals surface area contributed by atoms with Crippen molar-refractivity contribution in [3.63, 3.8) is 0 Å². The number of hydrogen-bond donors (Lipinski definition) is 2. The van der Waals surface area contributed by atoms with Crippen LogP contribution in [0.1, 0.15) is 34.2 Å². The van der Waals surface area contributed by atoms with Gasteiger partial charge in [-0.3, -0.25) is 0 Å². The number of benzene rings is 3. The van der Waals surface area contributed by atoms with Crippen LogP contribution >= 0.6 is 0 Å². The monoisotopic (exact) mass is 380 g/mol. The van der Waals surface area contributed by atoms with Gasteiger partial charge in [-0.05, 0) is 71.7 Å². The lowest BCUT2D eigenvalue weighted by Gasteiger charge is -2.27. The van der Waals surface area contributed by atoms with E-state index in [0.717, 1.165) is 24.1 Å². The van der Waals surface area contributed by atoms with Crippen molar-refractivity contribution in [2.75, 3.05) is 0 Å². The van der Waals surface area contributed by atoms with Crippen molar-refractivity contribution in [2.24, 2.45) is 11.5 Å². The van der Waals surface area contributed by atoms with Crippen LogP contribution in [-0.4, -0.2) is 0 Å². The molecule has 0 saturated carbocycles. The fraction of sp³-hybridized carbons (Fsp3) is 0.185. The van der Waals surface area contributed by atoms with Gasteiger partial charge >= 0.3 is 0 Å². The van der Waals surface area contributed by atoms with E-state index >= 15 is 0 Å². The molecule has 0 radical (unpaired) electrons. The van der Waals surface area contributed by atoms with Crippen LogP contribution in [0.25, 0.3) is 11.1 Å². The lowest BCUT2D eigenvalue weighted by atomic mass is 9.84. The zero-order valence-corrected chi connectivity index (χ0v) is 17.2. The number of hydrogen-bond acceptors (Lipinski definition) is 2. The smallest absolute Gasteiger partial charge is 0.0634 e. The summed E-state index contributed by atoms with van der Waals surface area (Å²) in [4.78, 5) is 0. The number of allylic oxidation sites excluding steroid dienone is 1. The molecule has 0 amide bonds. The Morgan fingerprint density at radius 3 is 2.28 bits per heavy atom. The highest BCUT2D eigenvalue weighted by Crippen LogP contribution is 2.38. The molecule has 0 aromatic heterocycles. The molecular weight excluding hydrogens is 352 g/mol. The minimum absolute atomic E-state index is 0.385. The molecular formula is C27H28N2. The maximum absolute atomic E-state index is 6.26. The SMILES string of the molecule is Cc1ccc2c(c1C)Cc1ccccc1-2.NC1=CCC(N)(c2ccccc2)C=C1. The fourth-order valence-corrected chi connectivity index (χ4v) is 4.11. The van der Waals surface area contributed by atoms with Gasteiger partial charge in [0, 0.05) is 5.70 Å². The molecule has 2 aliphatic carbocycles. The second-order valence-electron chi connectivity index (χ2n) is 8.02. The highest BCUT2D eigenvalue weighted by atomic mass is 14.7. The van der Waals surface area contributed by atoms with E-state index in [4.69, 9.17) is 11.5 Å². The van der Waals surface area contributed by atoms with Gasteiger partial charge in [-0.15, -0.1) is 0 Å². The Bertz CT molecular complexity index is 1090. The van der Waals surface area contributed by atoms with Gasteiger partial charge in [0.1, 0.15) is 0 Å². The van der Waals surface area contributed by atoms with E-state index in [2.05, 4.69) is 50.2 Å². The topological polar surface area (TPSA) is 52.0 Å². The summed E-state index contributed by atoms with van der Waals surface area (Å²) in [7, 11) is 0. The molecule has 4 N–H and O–H groups in total. The first-order chi connectivity index (χ1) is 14.0. The first-order valence-electron chi connectivity index (χ1n) is 10.1. The summed E-state index contributed by atoms with van der Waals surface area (Å²) in [6.45, 7) is 4.43. The van der Waals surface area contributed by atoms with Crippen LogP contribution in [0.3, 0.4) is 0 Å². The summed E-state index contributed by atoms with van der Waals surface area (Å²) in [6, 6.07) is 23.3. The largest absolute Gasteiger partial charge is 0.399 e. The third-order valence-electron chi connectivity index (χ3n) is 6.10. The molecule has 0 fully saturated rings. The number of aryl methyl sites for hydroxylation is 1. The van der Waals surface area contributed by atoms with Gasteiger partial charge in [0.05, 0.1) is 5.54 Å². The Morgan fingerprint density at radius 2 is 1.55 bits per heavy atom. The Kier molecular flexibility index (Phi) is 5.12. The van der Waals surface area contributed by atoms with E-state index in [-0.39, 0.29) is 5.54 Å². The van der Waals surface area contributed by atoms with Crippen molar-refractivity contribution in [1.82, 2.24) is 0 Å². The third-order valence-corrected chi connectivity index (χ3v) is 6.10. The summed E-state index contributed by atoms with van der Waals surface area (Å²) < 4.78 is 0. The molecule has 0 aliphatic heterocycles. The molecule has 146 valence electrons. The summed E-state index contributed by atoms with van der Waals surface area (Å²) >= 11 is 0. The maximum atomic E-state index is 6.26. The van der Waals surface area contributed by atoms with E-state index in [1.165, 1.54) is 33.4 Å². The van der Waals surface area contributed by atoms with Crippen LogP contribution in [0.15, 0.2) is 90.7 Å². The van der Waals surface area contributed by atoms with Crippen LogP contribution in [0.2, 0.25) is 0 Å². The molecule has 0 spiro atoms. The molecule has 3 aromatic carbocycles. The Hall–Kier alpha value is -3.10.